The number of aryl methyl sites for hydroxylation is 1. The smallest absolute Gasteiger partial charge is 0.338 e. The zero-order chi connectivity index (χ0) is 19.5. The molecule has 144 valence electrons. The zero-order valence-corrected chi connectivity index (χ0v) is 23.4. The summed E-state index contributed by atoms with van der Waals surface area (Å²) in [5.41, 5.74) is 6.77. The van der Waals surface area contributed by atoms with E-state index in [-0.39, 0.29) is 58.2 Å². The maximum Gasteiger partial charge on any atom is 1.00 e. The predicted molar refractivity (Wildman–Crippen MR) is 117 cm³/mol. The molecule has 0 amide bonds. The van der Waals surface area contributed by atoms with E-state index in [0.717, 1.165) is 23.2 Å². The monoisotopic (exact) mass is 455 g/mol. The molecule has 3 fully saturated rings. The van der Waals surface area contributed by atoms with Crippen molar-refractivity contribution in [1.29, 1.82) is 0 Å². The Hall–Kier alpha value is -0.385. The summed E-state index contributed by atoms with van der Waals surface area (Å²) in [7, 11) is 2.47. The van der Waals surface area contributed by atoms with Crippen molar-refractivity contribution in [2.24, 2.45) is 5.92 Å². The summed E-state index contributed by atoms with van der Waals surface area (Å²) in [6.45, 7) is 7.54. The number of rotatable bonds is 3. The summed E-state index contributed by atoms with van der Waals surface area (Å²) >= 11 is 0. The van der Waals surface area contributed by atoms with Crippen molar-refractivity contribution < 1.29 is 62.7 Å². The van der Waals surface area contributed by atoms with Gasteiger partial charge in [-0.15, -0.1) is 5.92 Å². The van der Waals surface area contributed by atoms with Gasteiger partial charge in [-0.25, -0.2) is 4.98 Å². The van der Waals surface area contributed by atoms with Gasteiger partial charge in [-0.1, -0.05) is 55.8 Å². The number of quaternary nitrogens is 1. The summed E-state index contributed by atoms with van der Waals surface area (Å²) in [6, 6.07) is 20.4. The van der Waals surface area contributed by atoms with E-state index in [1.807, 2.05) is 13.8 Å². The number of pyridine rings is 1. The quantitative estimate of drug-likeness (QED) is 0.336. The van der Waals surface area contributed by atoms with Crippen LogP contribution in [0.4, 0.5) is 0 Å². The molecule has 3 heteroatoms. The van der Waals surface area contributed by atoms with E-state index in [0.29, 0.717) is 5.54 Å². The molecule has 2 nitrogen and oxygen atoms in total. The van der Waals surface area contributed by atoms with Gasteiger partial charge >= 0.3 is 58.2 Å². The molecule has 1 saturated carbocycles. The van der Waals surface area contributed by atoms with Crippen LogP contribution in [0.25, 0.3) is 22.2 Å². The molecule has 0 bridgehead atoms. The average molecular weight is 456 g/mol. The molecule has 2 saturated heterocycles. The van der Waals surface area contributed by atoms with Gasteiger partial charge in [0.25, 0.3) is 0 Å². The topological polar surface area (TPSA) is 12.9 Å². The summed E-state index contributed by atoms with van der Waals surface area (Å²) in [5.74, 6) is 0.890. The molecule has 6 rings (SSSR count). The van der Waals surface area contributed by atoms with Gasteiger partial charge in [0.05, 0.1) is 24.8 Å². The maximum absolute atomic E-state index is 4.98. The number of piperidine rings is 2. The van der Waals surface area contributed by atoms with E-state index in [1.165, 1.54) is 45.9 Å². The first-order chi connectivity index (χ1) is 13.6. The first-order valence-electron chi connectivity index (χ1n) is 10.8. The average Bonchev–Trinajstić information content (AvgIpc) is 3.56. The third-order valence-electron chi connectivity index (χ3n) is 7.43. The zero-order valence-electron chi connectivity index (χ0n) is 18.4. The van der Waals surface area contributed by atoms with Crippen LogP contribution in [0.1, 0.15) is 31.4 Å². The summed E-state index contributed by atoms with van der Waals surface area (Å²) in [6.07, 6.45) is 5.21. The molecule has 29 heavy (non-hydrogen) atoms. The number of benzene rings is 2. The van der Waals surface area contributed by atoms with E-state index < -0.39 is 0 Å². The Bertz CT molecular complexity index is 1040. The minimum Gasteiger partial charge on any atom is -0.338 e. The van der Waals surface area contributed by atoms with E-state index in [2.05, 4.69) is 75.0 Å². The van der Waals surface area contributed by atoms with Gasteiger partial charge in [0.2, 0.25) is 0 Å². The van der Waals surface area contributed by atoms with Gasteiger partial charge in [0.1, 0.15) is 6.04 Å². The maximum atomic E-state index is 4.98. The molecule has 0 N–H and O–H groups in total. The Kier molecular flexibility index (Phi) is 5.98. The molecule has 3 heterocycles. The molecule has 3 aromatic rings. The van der Waals surface area contributed by atoms with Gasteiger partial charge in [-0.3, -0.25) is 6.42 Å². The van der Waals surface area contributed by atoms with Crippen molar-refractivity contribution in [3.63, 3.8) is 0 Å². The van der Waals surface area contributed by atoms with Crippen molar-refractivity contribution >= 4 is 10.9 Å². The summed E-state index contributed by atoms with van der Waals surface area (Å²) < 4.78 is 1.29. The number of nitrogens with zero attached hydrogens (tertiary/aromatic N) is 2. The predicted octanol–water partition coefficient (Wildman–Crippen LogP) is 2.59. The van der Waals surface area contributed by atoms with Crippen LogP contribution >= 0.6 is 0 Å². The molecule has 0 radical (unpaired) electrons. The van der Waals surface area contributed by atoms with Crippen LogP contribution in [0.2, 0.25) is 0 Å². The third kappa shape index (κ3) is 3.25. The van der Waals surface area contributed by atoms with Crippen molar-refractivity contribution in [3.8, 4) is 11.3 Å². The Balaban J connectivity index is 0.000000664. The van der Waals surface area contributed by atoms with Crippen LogP contribution in [0, 0.1) is 19.3 Å². The molecule has 3 unspecified atom stereocenters. The number of hydrogen-bond donors (Lipinski definition) is 0. The molecule has 1 aliphatic carbocycles. The van der Waals surface area contributed by atoms with Crippen molar-refractivity contribution in [2.45, 2.75) is 45.2 Å². The Morgan fingerprint density at radius 1 is 1.10 bits per heavy atom. The molecule has 4 atom stereocenters. The number of likely N-dealkylation sites (N-methyl/N-ethyl adjacent to an activating group) is 1. The fraction of sp³-hybridized carbons (Fsp3) is 0.385. The van der Waals surface area contributed by atoms with Crippen LogP contribution in [0.15, 0.2) is 54.6 Å². The summed E-state index contributed by atoms with van der Waals surface area (Å²) in [4.78, 5) is 4.98. The standard InChI is InChI=1S/C24H24N2.C2H6.Rb/c1-16-8-9-21-20(12-16)18(13-22(25-21)17-6-4-3-5-7-17)14-23-24-15-19(24)10-11-26(23,24)2;1-2;/h3-9,12-13,15,19,23H,10-11,14H2,1-2H3;1-2H3;/q;;+1/t19?,23-,24?,26?;;/m1../s1. The second-order valence-corrected chi connectivity index (χ2v) is 8.71. The van der Waals surface area contributed by atoms with Crippen molar-refractivity contribution in [1.82, 2.24) is 4.98 Å². The van der Waals surface area contributed by atoms with E-state index in [4.69, 9.17) is 4.98 Å². The minimum atomic E-state index is 0. The second kappa shape index (κ2) is 7.95. The van der Waals surface area contributed by atoms with Gasteiger partial charge in [0, 0.05) is 22.9 Å². The Morgan fingerprint density at radius 3 is 2.52 bits per heavy atom. The Labute approximate surface area is 224 Å². The summed E-state index contributed by atoms with van der Waals surface area (Å²) in [5, 5.41) is 1.34. The molecular weight excluding hydrogens is 426 g/mol. The number of fused-ring (bicyclic) bond motifs is 1. The first-order valence-corrected chi connectivity index (χ1v) is 10.8. The van der Waals surface area contributed by atoms with E-state index >= 15 is 0 Å². The van der Waals surface area contributed by atoms with Crippen LogP contribution in [0.5, 0.6) is 0 Å². The fourth-order valence-corrected chi connectivity index (χ4v) is 5.90. The Morgan fingerprint density at radius 2 is 1.86 bits per heavy atom. The van der Waals surface area contributed by atoms with Crippen molar-refractivity contribution in [3.05, 3.63) is 72.1 Å². The molecule has 1 spiro atoms. The SMILES string of the molecule is CC.Cc1ccc2nc(-c3ccccc3)cc(C[C@@H]3C45[CH-]C4CC[N+]35C)c2c1.[Rb+]. The molecule has 1 aromatic heterocycles. The normalized spacial score (nSPS) is 30.5. The number of hydrogen-bond acceptors (Lipinski definition) is 1. The van der Waals surface area contributed by atoms with Crippen molar-refractivity contribution in [2.75, 3.05) is 13.6 Å². The molecule has 2 aliphatic heterocycles. The minimum absolute atomic E-state index is 0. The van der Waals surface area contributed by atoms with E-state index in [1.54, 1.807) is 0 Å². The van der Waals surface area contributed by atoms with Crippen LogP contribution in [-0.2, 0) is 6.42 Å². The third-order valence-corrected chi connectivity index (χ3v) is 7.43. The van der Waals surface area contributed by atoms with Gasteiger partial charge in [0.15, 0.2) is 0 Å². The van der Waals surface area contributed by atoms with Crippen LogP contribution in [0.3, 0.4) is 0 Å². The first kappa shape index (κ1) is 21.8. The van der Waals surface area contributed by atoms with Crippen LogP contribution in [-0.4, -0.2) is 34.6 Å². The van der Waals surface area contributed by atoms with Gasteiger partial charge in [-0.05, 0) is 37.1 Å². The molecule has 2 aromatic carbocycles. The number of aromatic nitrogens is 1. The molecular formula is C26H30N2Rb+. The molecule has 3 aliphatic rings. The van der Waals surface area contributed by atoms with Crippen LogP contribution < -0.4 is 58.2 Å². The van der Waals surface area contributed by atoms with Gasteiger partial charge < -0.3 is 4.48 Å². The fourth-order valence-electron chi connectivity index (χ4n) is 5.90. The van der Waals surface area contributed by atoms with E-state index in [9.17, 15) is 0 Å². The van der Waals surface area contributed by atoms with Gasteiger partial charge in [-0.2, -0.15) is 0 Å². The largest absolute Gasteiger partial charge is 1.00 e. The second-order valence-electron chi connectivity index (χ2n) is 8.71.